The fraction of sp³-hybridized carbons (Fsp3) is 0.525. The number of likely N-dealkylation sites (tertiary alicyclic amines) is 1. The first-order valence-corrected chi connectivity index (χ1v) is 17.9. The minimum absolute atomic E-state index is 0.0287. The Labute approximate surface area is 292 Å². The van der Waals surface area contributed by atoms with Gasteiger partial charge in [0.15, 0.2) is 0 Å². The highest BCUT2D eigenvalue weighted by Crippen LogP contribution is 2.40. The normalized spacial score (nSPS) is 16.9. The van der Waals surface area contributed by atoms with Gasteiger partial charge in [0.1, 0.15) is 6.04 Å². The largest absolute Gasteiger partial charge is 0.481 e. The second kappa shape index (κ2) is 15.1. The van der Waals surface area contributed by atoms with E-state index in [1.54, 1.807) is 0 Å². The zero-order valence-electron chi connectivity index (χ0n) is 30.0. The van der Waals surface area contributed by atoms with Gasteiger partial charge in [0, 0.05) is 18.3 Å². The number of piperidine rings is 1. The van der Waals surface area contributed by atoms with Gasteiger partial charge in [-0.15, -0.1) is 0 Å². The first-order valence-electron chi connectivity index (χ1n) is 17.9. The number of nitrogens with zero attached hydrogens (tertiary/aromatic N) is 2. The SMILES string of the molecule is Cc1cccc(C)c1-c1cc([C@H](CC(=O)O)NC(=O)[C@@H](CC(C)C)n2cc(C3CCN(C(C)C)CC3)c(C(F)(F)F)cc2=O)cc2c1CCC2. The summed E-state index contributed by atoms with van der Waals surface area (Å²) in [7, 11) is 0. The van der Waals surface area contributed by atoms with Crippen LogP contribution in [0.4, 0.5) is 13.2 Å². The number of nitrogens with one attached hydrogen (secondary N) is 1. The summed E-state index contributed by atoms with van der Waals surface area (Å²) in [5, 5.41) is 12.9. The number of carbonyl (C=O) groups excluding carboxylic acids is 1. The summed E-state index contributed by atoms with van der Waals surface area (Å²) in [5.74, 6) is -2.22. The molecule has 0 spiro atoms. The topological polar surface area (TPSA) is 91.6 Å². The van der Waals surface area contributed by atoms with Gasteiger partial charge >= 0.3 is 12.1 Å². The van der Waals surface area contributed by atoms with E-state index in [9.17, 15) is 32.7 Å². The Balaban J connectivity index is 1.56. The lowest BCUT2D eigenvalue weighted by atomic mass is 9.86. The van der Waals surface area contributed by atoms with Gasteiger partial charge in [0.05, 0.1) is 18.0 Å². The Bertz CT molecular complexity index is 1770. The highest BCUT2D eigenvalue weighted by molar-refractivity contribution is 5.82. The van der Waals surface area contributed by atoms with Gasteiger partial charge in [-0.2, -0.15) is 13.2 Å². The number of hydrogen-bond donors (Lipinski definition) is 2. The highest BCUT2D eigenvalue weighted by Gasteiger charge is 2.38. The van der Waals surface area contributed by atoms with Gasteiger partial charge in [-0.3, -0.25) is 14.4 Å². The van der Waals surface area contributed by atoms with Crippen molar-refractivity contribution < 1.29 is 27.9 Å². The van der Waals surface area contributed by atoms with E-state index in [0.717, 1.165) is 51.6 Å². The predicted molar refractivity (Wildman–Crippen MR) is 189 cm³/mol. The van der Waals surface area contributed by atoms with Crippen LogP contribution in [-0.4, -0.2) is 45.6 Å². The maximum atomic E-state index is 14.4. The Hall–Kier alpha value is -3.92. The standard InChI is InChI=1S/C40H50F3N3O4/c1-23(2)17-35(46-22-32(33(20-36(46)47)40(41,42)43)27-13-15-45(16-14-27)24(3)4)39(50)44-34(21-37(48)49)29-18-28-11-8-12-30(28)31(19-29)38-25(5)9-7-10-26(38)6/h7,9-10,18-20,22-24,27,34-35H,8,11-17,21H2,1-6H3,(H,44,50)(H,48,49)/t34-,35+/m0/s1. The number of fused-ring (bicyclic) bond motifs is 1. The maximum Gasteiger partial charge on any atom is 0.416 e. The van der Waals surface area contributed by atoms with Crippen LogP contribution in [0.1, 0.15) is 117 Å². The van der Waals surface area contributed by atoms with Gasteiger partial charge in [-0.05, 0) is 142 Å². The van der Waals surface area contributed by atoms with E-state index in [2.05, 4.69) is 24.1 Å². The first kappa shape index (κ1) is 37.3. The van der Waals surface area contributed by atoms with Crippen molar-refractivity contribution in [2.75, 3.05) is 13.1 Å². The quantitative estimate of drug-likeness (QED) is 0.212. The van der Waals surface area contributed by atoms with E-state index in [1.165, 1.54) is 11.8 Å². The second-order valence-electron chi connectivity index (χ2n) is 14.9. The maximum absolute atomic E-state index is 14.4. The molecular weight excluding hydrogens is 643 g/mol. The molecule has 270 valence electrons. The van der Waals surface area contributed by atoms with E-state index < -0.39 is 53.6 Å². The number of hydrogen-bond acceptors (Lipinski definition) is 4. The second-order valence-corrected chi connectivity index (χ2v) is 14.9. The third kappa shape index (κ3) is 8.17. The van der Waals surface area contributed by atoms with E-state index in [0.29, 0.717) is 37.6 Å². The molecule has 0 radical (unpaired) electrons. The first-order chi connectivity index (χ1) is 23.5. The summed E-state index contributed by atoms with van der Waals surface area (Å²) in [6.07, 6.45) is 0.0292. The van der Waals surface area contributed by atoms with Crippen molar-refractivity contribution in [3.05, 3.63) is 91.9 Å². The lowest BCUT2D eigenvalue weighted by molar-refractivity contribution is -0.139. The van der Waals surface area contributed by atoms with Crippen LogP contribution in [0.25, 0.3) is 11.1 Å². The van der Waals surface area contributed by atoms with Gasteiger partial charge in [-0.25, -0.2) is 0 Å². The van der Waals surface area contributed by atoms with Crippen LogP contribution >= 0.6 is 0 Å². The summed E-state index contributed by atoms with van der Waals surface area (Å²) >= 11 is 0. The number of aromatic nitrogens is 1. The average Bonchev–Trinajstić information content (AvgIpc) is 3.51. The third-order valence-electron chi connectivity index (χ3n) is 10.5. The highest BCUT2D eigenvalue weighted by atomic mass is 19.4. The molecule has 2 N–H and O–H groups in total. The molecule has 1 aromatic heterocycles. The molecule has 1 amide bonds. The van der Waals surface area contributed by atoms with Crippen molar-refractivity contribution in [3.63, 3.8) is 0 Å². The molecule has 1 aliphatic heterocycles. The van der Waals surface area contributed by atoms with Crippen LogP contribution in [0, 0.1) is 19.8 Å². The van der Waals surface area contributed by atoms with E-state index in [4.69, 9.17) is 0 Å². The van der Waals surface area contributed by atoms with Gasteiger partial charge in [-0.1, -0.05) is 38.1 Å². The predicted octanol–water partition coefficient (Wildman–Crippen LogP) is 8.15. The molecule has 2 aromatic carbocycles. The van der Waals surface area contributed by atoms with Crippen molar-refractivity contribution in [1.29, 1.82) is 0 Å². The molecule has 50 heavy (non-hydrogen) atoms. The Morgan fingerprint density at radius 3 is 2.24 bits per heavy atom. The van der Waals surface area contributed by atoms with Crippen LogP contribution in [0.15, 0.2) is 47.4 Å². The van der Waals surface area contributed by atoms with Crippen molar-refractivity contribution in [2.45, 2.75) is 117 Å². The third-order valence-corrected chi connectivity index (χ3v) is 10.5. The molecule has 2 heterocycles. The number of carbonyl (C=O) groups is 2. The molecule has 7 nitrogen and oxygen atoms in total. The van der Waals surface area contributed by atoms with Crippen molar-refractivity contribution in [1.82, 2.24) is 14.8 Å². The number of aryl methyl sites for hydroxylation is 3. The number of pyridine rings is 1. The fourth-order valence-electron chi connectivity index (χ4n) is 7.99. The monoisotopic (exact) mass is 693 g/mol. The number of carboxylic acids is 1. The average molecular weight is 694 g/mol. The zero-order chi connectivity index (χ0) is 36.5. The summed E-state index contributed by atoms with van der Waals surface area (Å²) in [6, 6.07) is 8.91. The molecule has 2 atom stereocenters. The van der Waals surface area contributed by atoms with Gasteiger partial charge in [0.25, 0.3) is 5.56 Å². The lowest BCUT2D eigenvalue weighted by Crippen LogP contribution is -2.41. The molecule has 0 saturated carbocycles. The molecule has 5 rings (SSSR count). The molecule has 0 unspecified atom stereocenters. The molecular formula is C40H50F3N3O4. The summed E-state index contributed by atoms with van der Waals surface area (Å²) in [4.78, 5) is 42.2. The Morgan fingerprint density at radius 1 is 1.00 bits per heavy atom. The number of rotatable bonds is 11. The van der Waals surface area contributed by atoms with E-state index in [-0.39, 0.29) is 23.9 Å². The number of alkyl halides is 3. The number of benzene rings is 2. The number of halogens is 3. The number of carboxylic acid groups (broad SMARTS) is 1. The minimum atomic E-state index is -4.73. The fourth-order valence-corrected chi connectivity index (χ4v) is 7.99. The van der Waals surface area contributed by atoms with Crippen LogP contribution in [0.5, 0.6) is 0 Å². The van der Waals surface area contributed by atoms with Gasteiger partial charge in [0.2, 0.25) is 5.91 Å². The van der Waals surface area contributed by atoms with E-state index in [1.807, 2.05) is 58.0 Å². The van der Waals surface area contributed by atoms with Crippen LogP contribution < -0.4 is 10.9 Å². The summed E-state index contributed by atoms with van der Waals surface area (Å²) in [5.41, 5.74) is 5.48. The molecule has 1 aliphatic carbocycles. The smallest absolute Gasteiger partial charge is 0.416 e. The molecule has 3 aromatic rings. The number of aliphatic carboxylic acids is 1. The molecule has 0 bridgehead atoms. The van der Waals surface area contributed by atoms with Crippen LogP contribution in [0.2, 0.25) is 0 Å². The summed E-state index contributed by atoms with van der Waals surface area (Å²) in [6.45, 7) is 13.2. The lowest BCUT2D eigenvalue weighted by Gasteiger charge is -2.36. The van der Waals surface area contributed by atoms with E-state index >= 15 is 0 Å². The molecule has 10 heteroatoms. The van der Waals surface area contributed by atoms with Crippen LogP contribution in [0.3, 0.4) is 0 Å². The molecule has 1 saturated heterocycles. The van der Waals surface area contributed by atoms with Crippen molar-refractivity contribution >= 4 is 11.9 Å². The zero-order valence-corrected chi connectivity index (χ0v) is 30.0. The molecule has 2 aliphatic rings. The van der Waals surface area contributed by atoms with Crippen LogP contribution in [-0.2, 0) is 28.6 Å². The van der Waals surface area contributed by atoms with Gasteiger partial charge < -0.3 is 19.9 Å². The minimum Gasteiger partial charge on any atom is -0.481 e. The Kier molecular flexibility index (Phi) is 11.3. The Morgan fingerprint density at radius 2 is 1.66 bits per heavy atom. The van der Waals surface area contributed by atoms with Crippen molar-refractivity contribution in [3.8, 4) is 11.1 Å². The van der Waals surface area contributed by atoms with Crippen molar-refractivity contribution in [2.24, 2.45) is 5.92 Å². The number of amides is 1. The summed E-state index contributed by atoms with van der Waals surface area (Å²) < 4.78 is 44.3. The molecule has 1 fully saturated rings.